The number of fused-ring (bicyclic) bond motifs is 1. The van der Waals surface area contributed by atoms with Crippen LogP contribution in [-0.2, 0) is 32.6 Å². The molecule has 2 N–H and O–H groups in total. The van der Waals surface area contributed by atoms with Gasteiger partial charge in [-0.15, -0.1) is 10.2 Å². The lowest BCUT2D eigenvalue weighted by Crippen LogP contribution is -2.44. The van der Waals surface area contributed by atoms with Gasteiger partial charge < -0.3 is 5.11 Å². The number of Topliss-reactive ketones (excluding diaryl/α,β-unsaturated/α-hetero) is 1. The number of carbonyl (C=O) groups excluding carboxylic acids is 1. The van der Waals surface area contributed by atoms with Crippen molar-refractivity contribution in [2.75, 3.05) is 0 Å². The Labute approximate surface area is 212 Å². The fourth-order valence-corrected chi connectivity index (χ4v) is 5.69. The first kappa shape index (κ1) is 25.1. The van der Waals surface area contributed by atoms with Gasteiger partial charge in [0.2, 0.25) is 10.0 Å². The van der Waals surface area contributed by atoms with E-state index in [-0.39, 0.29) is 22.7 Å². The van der Waals surface area contributed by atoms with Crippen molar-refractivity contribution in [3.63, 3.8) is 0 Å². The third-order valence-electron chi connectivity index (χ3n) is 4.79. The highest BCUT2D eigenvalue weighted by molar-refractivity contribution is 7.89. The molecule has 0 spiro atoms. The van der Waals surface area contributed by atoms with Gasteiger partial charge in [0.25, 0.3) is 0 Å². The molecule has 12 nitrogen and oxygen atoms in total. The molecule has 4 aromatic rings. The summed E-state index contributed by atoms with van der Waals surface area (Å²) in [5, 5.41) is 21.8. The van der Waals surface area contributed by atoms with Crippen molar-refractivity contribution in [2.45, 2.75) is 30.3 Å². The van der Waals surface area contributed by atoms with Crippen molar-refractivity contribution in [3.8, 4) is 0 Å². The van der Waals surface area contributed by atoms with Crippen LogP contribution in [-0.4, -0.2) is 60.3 Å². The van der Waals surface area contributed by atoms with Crippen LogP contribution < -0.4 is 4.72 Å². The van der Waals surface area contributed by atoms with E-state index < -0.39 is 40.8 Å². The van der Waals surface area contributed by atoms with E-state index in [1.165, 1.54) is 12.1 Å². The molecular weight excluding hydrogens is 541 g/mol. The zero-order valence-electron chi connectivity index (χ0n) is 17.5. The average molecular weight is 556 g/mol. The van der Waals surface area contributed by atoms with Gasteiger partial charge in [-0.1, -0.05) is 35.3 Å². The minimum Gasteiger partial charge on any atom is -0.481 e. The molecule has 0 bridgehead atoms. The molecule has 0 aliphatic rings. The number of rotatable bonds is 10. The largest absolute Gasteiger partial charge is 0.481 e. The molecule has 182 valence electrons. The maximum Gasteiger partial charge on any atom is 0.305 e. The molecule has 2 heterocycles. The Morgan fingerprint density at radius 3 is 2.54 bits per heavy atom. The molecule has 1 atom stereocenters. The summed E-state index contributed by atoms with van der Waals surface area (Å²) in [4.78, 5) is 24.9. The van der Waals surface area contributed by atoms with Crippen molar-refractivity contribution >= 4 is 67.7 Å². The standard InChI is InChI=1S/C19H15Cl2N7O5S2/c20-11-3-1-4-12(21)10(11)7-17-22-27-28(23-17)9-15(29)14(8-18(30)31)26-35(32,33)16-6-2-5-13-19(16)25-34-24-13/h1-6,14,26H,7-9H2,(H,30,31). The molecule has 2 aromatic heterocycles. The second-order valence-electron chi connectivity index (χ2n) is 7.24. The predicted molar refractivity (Wildman–Crippen MR) is 126 cm³/mol. The minimum atomic E-state index is -4.31. The molecule has 1 unspecified atom stereocenters. The van der Waals surface area contributed by atoms with Crippen LogP contribution in [0, 0.1) is 0 Å². The fraction of sp³-hybridized carbons (Fsp3) is 0.211. The van der Waals surface area contributed by atoms with Crippen LogP contribution in [0.15, 0.2) is 41.3 Å². The second kappa shape index (κ2) is 10.3. The summed E-state index contributed by atoms with van der Waals surface area (Å²) >= 11 is 13.1. The van der Waals surface area contributed by atoms with Crippen LogP contribution in [0.5, 0.6) is 0 Å². The van der Waals surface area contributed by atoms with Gasteiger partial charge in [0.1, 0.15) is 22.5 Å². The van der Waals surface area contributed by atoms with E-state index in [1.807, 2.05) is 0 Å². The number of carbonyl (C=O) groups is 2. The van der Waals surface area contributed by atoms with E-state index in [9.17, 15) is 23.1 Å². The summed E-state index contributed by atoms with van der Waals surface area (Å²) in [7, 11) is -4.31. The van der Waals surface area contributed by atoms with Crippen molar-refractivity contribution < 1.29 is 23.1 Å². The molecule has 0 aliphatic carbocycles. The Morgan fingerprint density at radius 2 is 1.83 bits per heavy atom. The number of carboxylic acids is 1. The Hall–Kier alpha value is -3.04. The van der Waals surface area contributed by atoms with E-state index in [0.29, 0.717) is 21.1 Å². The van der Waals surface area contributed by atoms with Crippen LogP contribution >= 0.6 is 34.9 Å². The molecule has 4 rings (SSSR count). The summed E-state index contributed by atoms with van der Waals surface area (Å²) < 4.78 is 36.1. The first-order valence-corrected chi connectivity index (χ1v) is 12.8. The lowest BCUT2D eigenvalue weighted by Gasteiger charge is -2.16. The lowest BCUT2D eigenvalue weighted by molar-refractivity contribution is -0.139. The second-order valence-corrected chi connectivity index (χ2v) is 10.3. The normalized spacial score (nSPS) is 12.6. The predicted octanol–water partition coefficient (Wildman–Crippen LogP) is 1.97. The minimum absolute atomic E-state index is 0.118. The van der Waals surface area contributed by atoms with Gasteiger partial charge in [0.05, 0.1) is 24.2 Å². The van der Waals surface area contributed by atoms with Crippen molar-refractivity contribution in [2.24, 2.45) is 0 Å². The third-order valence-corrected chi connectivity index (χ3v) is 7.55. The van der Waals surface area contributed by atoms with Crippen LogP contribution in [0.25, 0.3) is 11.0 Å². The van der Waals surface area contributed by atoms with Crippen LogP contribution in [0.3, 0.4) is 0 Å². The van der Waals surface area contributed by atoms with Gasteiger partial charge in [-0.3, -0.25) is 9.59 Å². The van der Waals surface area contributed by atoms with Crippen LogP contribution in [0.1, 0.15) is 17.8 Å². The van der Waals surface area contributed by atoms with Gasteiger partial charge in [-0.25, -0.2) is 8.42 Å². The summed E-state index contributed by atoms with van der Waals surface area (Å²) in [5.41, 5.74) is 1.05. The number of nitrogens with one attached hydrogen (secondary N) is 1. The Morgan fingerprint density at radius 1 is 1.11 bits per heavy atom. The number of sulfonamides is 1. The number of halogens is 2. The van der Waals surface area contributed by atoms with Crippen molar-refractivity contribution in [1.29, 1.82) is 0 Å². The number of ketones is 1. The van der Waals surface area contributed by atoms with Crippen molar-refractivity contribution in [1.82, 2.24) is 33.7 Å². The molecule has 0 radical (unpaired) electrons. The quantitative estimate of drug-likeness (QED) is 0.294. The van der Waals surface area contributed by atoms with Crippen molar-refractivity contribution in [3.05, 3.63) is 57.8 Å². The topological polar surface area (TPSA) is 170 Å². The number of hydrogen-bond acceptors (Lipinski definition) is 10. The summed E-state index contributed by atoms with van der Waals surface area (Å²) in [5.74, 6) is -1.94. The number of tetrazole rings is 1. The summed E-state index contributed by atoms with van der Waals surface area (Å²) in [6.45, 7) is -0.522. The highest BCUT2D eigenvalue weighted by Crippen LogP contribution is 2.26. The number of aliphatic carboxylic acids is 1. The van der Waals surface area contributed by atoms with E-state index in [1.54, 1.807) is 24.3 Å². The average Bonchev–Trinajstić information content (AvgIpc) is 3.44. The molecule has 0 saturated carbocycles. The molecule has 0 aliphatic heterocycles. The maximum absolute atomic E-state index is 13.0. The summed E-state index contributed by atoms with van der Waals surface area (Å²) in [6.07, 6.45) is -0.649. The Bertz CT molecular complexity index is 1500. The zero-order valence-corrected chi connectivity index (χ0v) is 20.6. The third kappa shape index (κ3) is 5.79. The SMILES string of the molecule is O=C(O)CC(NS(=O)(=O)c1cccc2nsnc12)C(=O)Cn1nnc(Cc2c(Cl)cccc2Cl)n1. The van der Waals surface area contributed by atoms with Crippen LogP contribution in [0.2, 0.25) is 10.0 Å². The van der Waals surface area contributed by atoms with Gasteiger partial charge in [0, 0.05) is 16.5 Å². The maximum atomic E-state index is 13.0. The Kier molecular flexibility index (Phi) is 7.37. The highest BCUT2D eigenvalue weighted by atomic mass is 35.5. The van der Waals surface area contributed by atoms with Gasteiger partial charge >= 0.3 is 5.97 Å². The number of aromatic nitrogens is 6. The number of nitrogens with zero attached hydrogens (tertiary/aromatic N) is 6. The number of hydrogen-bond donors (Lipinski definition) is 2. The Balaban J connectivity index is 1.52. The lowest BCUT2D eigenvalue weighted by atomic mass is 10.1. The summed E-state index contributed by atoms with van der Waals surface area (Å²) in [6, 6.07) is 7.75. The number of benzene rings is 2. The first-order valence-electron chi connectivity index (χ1n) is 9.82. The van der Waals surface area contributed by atoms with Gasteiger partial charge in [0.15, 0.2) is 11.6 Å². The fourth-order valence-electron chi connectivity index (χ4n) is 3.17. The van der Waals surface area contributed by atoms with E-state index in [2.05, 4.69) is 28.9 Å². The monoisotopic (exact) mass is 555 g/mol. The molecule has 16 heteroatoms. The zero-order chi connectivity index (χ0) is 25.2. The molecule has 0 saturated heterocycles. The molecule has 2 aromatic carbocycles. The smallest absolute Gasteiger partial charge is 0.305 e. The molecular formula is C19H15Cl2N7O5S2. The van der Waals surface area contributed by atoms with Gasteiger partial charge in [-0.2, -0.15) is 18.3 Å². The first-order chi connectivity index (χ1) is 16.6. The van der Waals surface area contributed by atoms with Crippen LogP contribution in [0.4, 0.5) is 0 Å². The molecule has 0 fully saturated rings. The highest BCUT2D eigenvalue weighted by Gasteiger charge is 2.30. The van der Waals surface area contributed by atoms with Gasteiger partial charge in [-0.05, 0) is 35.0 Å². The van der Waals surface area contributed by atoms with E-state index in [4.69, 9.17) is 23.2 Å². The van der Waals surface area contributed by atoms with E-state index in [0.717, 1.165) is 16.5 Å². The van der Waals surface area contributed by atoms with E-state index >= 15 is 0 Å². The number of carboxylic acid groups (broad SMARTS) is 1. The molecule has 35 heavy (non-hydrogen) atoms. The molecule has 0 amide bonds.